The molecule has 0 heterocycles. The Balaban J connectivity index is 2.85. The maximum Gasteiger partial charge on any atom is 0.136 e. The van der Waals surface area contributed by atoms with Gasteiger partial charge in [0, 0.05) is 5.39 Å². The molecule has 0 saturated carbocycles. The lowest BCUT2D eigenvalue weighted by Crippen LogP contribution is -2.05. The van der Waals surface area contributed by atoms with E-state index in [-0.39, 0.29) is 0 Å². The van der Waals surface area contributed by atoms with Crippen LogP contribution < -0.4 is 9.88 Å². The first kappa shape index (κ1) is 10.1. The summed E-state index contributed by atoms with van der Waals surface area (Å²) in [6.07, 6.45) is 0. The second-order valence-electron chi connectivity index (χ2n) is 3.12. The van der Waals surface area contributed by atoms with E-state index in [2.05, 4.69) is 0 Å². The highest BCUT2D eigenvalue weighted by Crippen LogP contribution is 2.29. The molecule has 0 spiro atoms. The molecule has 2 rings (SSSR count). The van der Waals surface area contributed by atoms with E-state index in [1.165, 1.54) is 0 Å². The first-order valence-corrected chi connectivity index (χ1v) is 5.67. The van der Waals surface area contributed by atoms with Gasteiger partial charge in [0.05, 0.1) is 7.11 Å². The number of methoxy groups -OCH3 is 1. The molecule has 0 fully saturated rings. The molecule has 2 aromatic carbocycles. The molecule has 0 saturated heterocycles. The molecule has 0 aliphatic heterocycles. The van der Waals surface area contributed by atoms with E-state index in [1.54, 1.807) is 13.2 Å². The van der Waals surface area contributed by atoms with Gasteiger partial charge in [0.1, 0.15) is 21.6 Å². The van der Waals surface area contributed by atoms with E-state index in [9.17, 15) is 4.21 Å². The summed E-state index contributed by atoms with van der Waals surface area (Å²) >= 11 is 0. The fourth-order valence-corrected chi connectivity index (χ4v) is 2.34. The van der Waals surface area contributed by atoms with Crippen molar-refractivity contribution in [1.29, 1.82) is 0 Å². The first-order chi connectivity index (χ1) is 7.24. The lowest BCUT2D eigenvalue weighted by Gasteiger charge is -2.08. The van der Waals surface area contributed by atoms with Crippen molar-refractivity contribution >= 4 is 21.8 Å². The number of fused-ring (bicyclic) bond motifs is 1. The number of rotatable bonds is 2. The predicted molar refractivity (Wildman–Crippen MR) is 61.1 cm³/mol. The predicted octanol–water partition coefficient (Wildman–Crippen LogP) is 1.83. The minimum absolute atomic E-state index is 0.551. The molecule has 15 heavy (non-hydrogen) atoms. The van der Waals surface area contributed by atoms with Gasteiger partial charge in [-0.3, -0.25) is 0 Å². The molecule has 78 valence electrons. The summed E-state index contributed by atoms with van der Waals surface area (Å²) in [6, 6.07) is 11.4. The molecular formula is C11H11NO2S. The zero-order chi connectivity index (χ0) is 10.8. The number of hydrogen-bond donors (Lipinski definition) is 1. The second-order valence-corrected chi connectivity index (χ2v) is 4.12. The fraction of sp³-hybridized carbons (Fsp3) is 0.0909. The molecule has 3 nitrogen and oxygen atoms in total. The first-order valence-electron chi connectivity index (χ1n) is 4.46. The minimum Gasteiger partial charge on any atom is -0.495 e. The molecule has 0 aliphatic carbocycles. The van der Waals surface area contributed by atoms with Gasteiger partial charge in [-0.2, -0.15) is 0 Å². The molecule has 2 N–H and O–H groups in total. The van der Waals surface area contributed by atoms with Crippen LogP contribution in [0.15, 0.2) is 41.3 Å². The Labute approximate surface area is 90.4 Å². The summed E-state index contributed by atoms with van der Waals surface area (Å²) in [5.74, 6) is 0.564. The van der Waals surface area contributed by atoms with Crippen molar-refractivity contribution in [1.82, 2.24) is 0 Å². The Morgan fingerprint density at radius 3 is 2.60 bits per heavy atom. The van der Waals surface area contributed by atoms with Gasteiger partial charge < -0.3 is 4.74 Å². The van der Waals surface area contributed by atoms with Crippen molar-refractivity contribution in [3.05, 3.63) is 36.4 Å². The van der Waals surface area contributed by atoms with Crippen LogP contribution in [0, 0.1) is 0 Å². The van der Waals surface area contributed by atoms with Crippen molar-refractivity contribution in [2.75, 3.05) is 7.11 Å². The van der Waals surface area contributed by atoms with Crippen LogP contribution >= 0.6 is 0 Å². The van der Waals surface area contributed by atoms with Gasteiger partial charge in [-0.05, 0) is 11.5 Å². The third kappa shape index (κ3) is 1.73. The van der Waals surface area contributed by atoms with Gasteiger partial charge in [0.15, 0.2) is 0 Å². The summed E-state index contributed by atoms with van der Waals surface area (Å²) in [4.78, 5) is 0.551. The molecule has 2 aromatic rings. The van der Waals surface area contributed by atoms with Crippen molar-refractivity contribution in [3.63, 3.8) is 0 Å². The maximum atomic E-state index is 11.4. The number of nitrogens with two attached hydrogens (primary N) is 1. The third-order valence-electron chi connectivity index (χ3n) is 2.26. The van der Waals surface area contributed by atoms with Crippen LogP contribution in [0.25, 0.3) is 10.8 Å². The van der Waals surface area contributed by atoms with E-state index in [1.807, 2.05) is 30.3 Å². The van der Waals surface area contributed by atoms with Crippen LogP contribution in [0.1, 0.15) is 0 Å². The third-order valence-corrected chi connectivity index (χ3v) is 3.09. The van der Waals surface area contributed by atoms with E-state index in [0.29, 0.717) is 10.6 Å². The summed E-state index contributed by atoms with van der Waals surface area (Å²) in [5.41, 5.74) is 0. The van der Waals surface area contributed by atoms with Crippen molar-refractivity contribution in [2.45, 2.75) is 4.90 Å². The Bertz CT molecular complexity index is 525. The van der Waals surface area contributed by atoms with Gasteiger partial charge >= 0.3 is 0 Å². The molecule has 0 aliphatic rings. The average Bonchev–Trinajstić information content (AvgIpc) is 2.27. The normalized spacial score (nSPS) is 12.7. The molecule has 1 atom stereocenters. The van der Waals surface area contributed by atoms with Crippen LogP contribution in [0.3, 0.4) is 0 Å². The molecule has 1 unspecified atom stereocenters. The van der Waals surface area contributed by atoms with Gasteiger partial charge in [-0.15, -0.1) is 0 Å². The van der Waals surface area contributed by atoms with E-state index >= 15 is 0 Å². The summed E-state index contributed by atoms with van der Waals surface area (Å²) in [5, 5.41) is 7.33. The molecule has 0 aromatic heterocycles. The SMILES string of the molecule is COc1ccc2ccccc2c1S(N)=O. The summed E-state index contributed by atoms with van der Waals surface area (Å²) in [7, 11) is 0.00218. The zero-order valence-corrected chi connectivity index (χ0v) is 9.08. The van der Waals surface area contributed by atoms with Crippen LogP contribution in [0.5, 0.6) is 5.75 Å². The zero-order valence-electron chi connectivity index (χ0n) is 8.27. The largest absolute Gasteiger partial charge is 0.495 e. The standard InChI is InChI=1S/C11H11NO2S/c1-14-10-7-6-8-4-2-3-5-9(8)11(10)15(12)13/h2-7H,12H2,1H3. The van der Waals surface area contributed by atoms with Gasteiger partial charge in [-0.1, -0.05) is 30.3 Å². The number of hydrogen-bond acceptors (Lipinski definition) is 2. The number of ether oxygens (including phenoxy) is 1. The molecule has 0 amide bonds. The highest BCUT2D eigenvalue weighted by atomic mass is 32.2. The fourth-order valence-electron chi connectivity index (χ4n) is 1.59. The highest BCUT2D eigenvalue weighted by Gasteiger charge is 2.11. The Hall–Kier alpha value is -1.39. The lowest BCUT2D eigenvalue weighted by molar-refractivity contribution is 0.405. The Kier molecular flexibility index (Phi) is 2.70. The van der Waals surface area contributed by atoms with E-state index in [4.69, 9.17) is 9.88 Å². The van der Waals surface area contributed by atoms with Crippen molar-refractivity contribution in [2.24, 2.45) is 5.14 Å². The second kappa shape index (κ2) is 4.00. The van der Waals surface area contributed by atoms with Crippen LogP contribution in [0.2, 0.25) is 0 Å². The quantitative estimate of drug-likeness (QED) is 0.841. The highest BCUT2D eigenvalue weighted by molar-refractivity contribution is 7.83. The van der Waals surface area contributed by atoms with Crippen molar-refractivity contribution < 1.29 is 8.95 Å². The van der Waals surface area contributed by atoms with Gasteiger partial charge in [0.25, 0.3) is 0 Å². The monoisotopic (exact) mass is 221 g/mol. The maximum absolute atomic E-state index is 11.4. The van der Waals surface area contributed by atoms with Gasteiger partial charge in [-0.25, -0.2) is 9.35 Å². The molecule has 4 heteroatoms. The summed E-state index contributed by atoms with van der Waals surface area (Å²) in [6.45, 7) is 0. The smallest absolute Gasteiger partial charge is 0.136 e. The topological polar surface area (TPSA) is 52.3 Å². The van der Waals surface area contributed by atoms with Crippen molar-refractivity contribution in [3.8, 4) is 5.75 Å². The van der Waals surface area contributed by atoms with E-state index < -0.39 is 11.0 Å². The van der Waals surface area contributed by atoms with Crippen LogP contribution in [-0.4, -0.2) is 11.3 Å². The molecular weight excluding hydrogens is 210 g/mol. The van der Waals surface area contributed by atoms with Gasteiger partial charge in [0.2, 0.25) is 0 Å². The Morgan fingerprint density at radius 2 is 1.93 bits per heavy atom. The lowest BCUT2D eigenvalue weighted by atomic mass is 10.1. The van der Waals surface area contributed by atoms with Crippen LogP contribution in [-0.2, 0) is 11.0 Å². The average molecular weight is 221 g/mol. The minimum atomic E-state index is -1.54. The van der Waals surface area contributed by atoms with E-state index in [0.717, 1.165) is 10.8 Å². The Morgan fingerprint density at radius 1 is 1.20 bits per heavy atom. The number of benzene rings is 2. The molecule has 0 radical (unpaired) electrons. The van der Waals surface area contributed by atoms with Crippen LogP contribution in [0.4, 0.5) is 0 Å². The molecule has 0 bridgehead atoms. The summed E-state index contributed by atoms with van der Waals surface area (Å²) < 4.78 is 16.6.